The first-order valence-corrected chi connectivity index (χ1v) is 6.36. The molecule has 0 aliphatic carbocycles. The average molecular weight is 244 g/mol. The fourth-order valence-electron chi connectivity index (χ4n) is 1.71. The number of hydrogen-bond acceptors (Lipinski definition) is 3. The largest absolute Gasteiger partial charge is 0.398 e. The van der Waals surface area contributed by atoms with E-state index in [1.54, 1.807) is 11.8 Å². The zero-order chi connectivity index (χ0) is 12.4. The van der Waals surface area contributed by atoms with Crippen molar-refractivity contribution < 1.29 is 0 Å². The van der Waals surface area contributed by atoms with Gasteiger partial charge in [-0.3, -0.25) is 0 Å². The number of anilines is 1. The Hall–Kier alpha value is -1.48. The number of pyridine rings is 1. The molecule has 2 nitrogen and oxygen atoms in total. The van der Waals surface area contributed by atoms with Crippen molar-refractivity contribution in [2.75, 3.05) is 5.73 Å². The van der Waals surface area contributed by atoms with E-state index in [1.807, 2.05) is 26.0 Å². The molecule has 17 heavy (non-hydrogen) atoms. The average Bonchev–Trinajstić information content (AvgIpc) is 2.23. The summed E-state index contributed by atoms with van der Waals surface area (Å²) in [5.41, 5.74) is 10.1. The summed E-state index contributed by atoms with van der Waals surface area (Å²) in [6.07, 6.45) is 0. The molecule has 0 amide bonds. The molecule has 0 fully saturated rings. The Morgan fingerprint density at radius 3 is 2.59 bits per heavy atom. The third-order valence-corrected chi connectivity index (χ3v) is 3.70. The van der Waals surface area contributed by atoms with Crippen LogP contribution in [0.5, 0.6) is 0 Å². The van der Waals surface area contributed by atoms with E-state index < -0.39 is 0 Å². The van der Waals surface area contributed by atoms with E-state index in [9.17, 15) is 0 Å². The van der Waals surface area contributed by atoms with Gasteiger partial charge >= 0.3 is 0 Å². The summed E-state index contributed by atoms with van der Waals surface area (Å²) in [6, 6.07) is 10.2. The van der Waals surface area contributed by atoms with Gasteiger partial charge in [-0.2, -0.15) is 0 Å². The normalized spacial score (nSPS) is 10.5. The highest BCUT2D eigenvalue weighted by molar-refractivity contribution is 7.99. The van der Waals surface area contributed by atoms with Gasteiger partial charge in [-0.25, -0.2) is 4.98 Å². The second kappa shape index (κ2) is 4.80. The molecule has 0 aliphatic heterocycles. The van der Waals surface area contributed by atoms with E-state index in [2.05, 4.69) is 30.1 Å². The van der Waals surface area contributed by atoms with Crippen molar-refractivity contribution in [3.63, 3.8) is 0 Å². The molecule has 0 unspecified atom stereocenters. The van der Waals surface area contributed by atoms with E-state index in [0.717, 1.165) is 22.0 Å². The van der Waals surface area contributed by atoms with Crippen LogP contribution in [-0.2, 0) is 0 Å². The molecular weight excluding hydrogens is 228 g/mol. The van der Waals surface area contributed by atoms with Crippen LogP contribution in [-0.4, -0.2) is 4.98 Å². The number of aryl methyl sites for hydroxylation is 2. The lowest BCUT2D eigenvalue weighted by Crippen LogP contribution is -1.92. The zero-order valence-electron chi connectivity index (χ0n) is 10.3. The van der Waals surface area contributed by atoms with Gasteiger partial charge < -0.3 is 5.73 Å². The Kier molecular flexibility index (Phi) is 3.38. The van der Waals surface area contributed by atoms with E-state index in [-0.39, 0.29) is 0 Å². The SMILES string of the molecule is Cc1cc(C)nc(Sc2cccc(N)c2C)c1. The molecule has 2 N–H and O–H groups in total. The number of nitrogen functional groups attached to an aromatic ring is 1. The first-order valence-electron chi connectivity index (χ1n) is 5.54. The summed E-state index contributed by atoms with van der Waals surface area (Å²) in [7, 11) is 0. The highest BCUT2D eigenvalue weighted by Crippen LogP contribution is 2.31. The summed E-state index contributed by atoms with van der Waals surface area (Å²) in [5.74, 6) is 0. The lowest BCUT2D eigenvalue weighted by molar-refractivity contribution is 1.04. The van der Waals surface area contributed by atoms with E-state index >= 15 is 0 Å². The van der Waals surface area contributed by atoms with Crippen molar-refractivity contribution >= 4 is 17.4 Å². The number of nitrogens with zero attached hydrogens (tertiary/aromatic N) is 1. The topological polar surface area (TPSA) is 38.9 Å². The van der Waals surface area contributed by atoms with Crippen molar-refractivity contribution in [1.29, 1.82) is 0 Å². The van der Waals surface area contributed by atoms with E-state index in [1.165, 1.54) is 10.5 Å². The van der Waals surface area contributed by atoms with Gasteiger partial charge in [0.15, 0.2) is 0 Å². The van der Waals surface area contributed by atoms with Crippen molar-refractivity contribution in [1.82, 2.24) is 4.98 Å². The summed E-state index contributed by atoms with van der Waals surface area (Å²) >= 11 is 1.67. The second-order valence-electron chi connectivity index (χ2n) is 4.20. The first-order chi connectivity index (χ1) is 8.06. The molecule has 0 saturated carbocycles. The van der Waals surface area contributed by atoms with Crippen LogP contribution >= 0.6 is 11.8 Å². The lowest BCUT2D eigenvalue weighted by Gasteiger charge is -2.08. The maximum Gasteiger partial charge on any atom is 0.101 e. The van der Waals surface area contributed by atoms with Gasteiger partial charge in [0.05, 0.1) is 0 Å². The fourth-order valence-corrected chi connectivity index (χ4v) is 2.79. The Morgan fingerprint density at radius 1 is 1.12 bits per heavy atom. The molecule has 88 valence electrons. The van der Waals surface area contributed by atoms with Crippen LogP contribution in [0.15, 0.2) is 40.3 Å². The van der Waals surface area contributed by atoms with Gasteiger partial charge in [0.1, 0.15) is 5.03 Å². The van der Waals surface area contributed by atoms with Crippen LogP contribution in [0.2, 0.25) is 0 Å². The monoisotopic (exact) mass is 244 g/mol. The van der Waals surface area contributed by atoms with E-state index in [4.69, 9.17) is 5.73 Å². The number of rotatable bonds is 2. The van der Waals surface area contributed by atoms with Crippen molar-refractivity contribution in [2.45, 2.75) is 30.7 Å². The van der Waals surface area contributed by atoms with Gasteiger partial charge in [-0.15, -0.1) is 0 Å². The van der Waals surface area contributed by atoms with Gasteiger partial charge in [0, 0.05) is 16.3 Å². The molecular formula is C14H16N2S. The van der Waals surface area contributed by atoms with Crippen LogP contribution in [0.1, 0.15) is 16.8 Å². The molecule has 2 aromatic rings. The second-order valence-corrected chi connectivity index (χ2v) is 5.26. The van der Waals surface area contributed by atoms with Gasteiger partial charge in [-0.1, -0.05) is 17.8 Å². The van der Waals surface area contributed by atoms with Crippen LogP contribution in [0.3, 0.4) is 0 Å². The van der Waals surface area contributed by atoms with Crippen molar-refractivity contribution in [2.24, 2.45) is 0 Å². The Balaban J connectivity index is 2.34. The summed E-state index contributed by atoms with van der Waals surface area (Å²) in [5, 5.41) is 1.02. The predicted octanol–water partition coefficient (Wildman–Crippen LogP) is 3.74. The smallest absolute Gasteiger partial charge is 0.101 e. The summed E-state index contributed by atoms with van der Waals surface area (Å²) in [4.78, 5) is 5.69. The highest BCUT2D eigenvalue weighted by Gasteiger charge is 2.05. The Labute approximate surface area is 106 Å². The highest BCUT2D eigenvalue weighted by atomic mass is 32.2. The molecule has 0 radical (unpaired) electrons. The minimum atomic E-state index is 0.833. The first kappa shape index (κ1) is 12.0. The molecule has 3 heteroatoms. The van der Waals surface area contributed by atoms with Crippen molar-refractivity contribution in [3.05, 3.63) is 47.2 Å². The maximum absolute atomic E-state index is 5.90. The molecule has 1 aromatic carbocycles. The molecule has 0 bridgehead atoms. The van der Waals surface area contributed by atoms with Crippen LogP contribution in [0.25, 0.3) is 0 Å². The van der Waals surface area contributed by atoms with Crippen molar-refractivity contribution in [3.8, 4) is 0 Å². The molecule has 0 atom stereocenters. The standard InChI is InChI=1S/C14H16N2S/c1-9-7-10(2)16-14(8-9)17-13-6-4-5-12(15)11(13)3/h4-8H,15H2,1-3H3. The number of nitrogens with two attached hydrogens (primary N) is 1. The number of aromatic nitrogens is 1. The van der Waals surface area contributed by atoms with Crippen LogP contribution < -0.4 is 5.73 Å². The van der Waals surface area contributed by atoms with Gasteiger partial charge in [0.25, 0.3) is 0 Å². The number of hydrogen-bond donors (Lipinski definition) is 1. The molecule has 1 heterocycles. The minimum Gasteiger partial charge on any atom is -0.398 e. The van der Waals surface area contributed by atoms with E-state index in [0.29, 0.717) is 0 Å². The zero-order valence-corrected chi connectivity index (χ0v) is 11.1. The van der Waals surface area contributed by atoms with Gasteiger partial charge in [-0.05, 0) is 56.2 Å². The molecule has 1 aromatic heterocycles. The summed E-state index contributed by atoms with van der Waals surface area (Å²) < 4.78 is 0. The molecule has 0 saturated heterocycles. The van der Waals surface area contributed by atoms with Crippen LogP contribution in [0, 0.1) is 20.8 Å². The molecule has 0 spiro atoms. The lowest BCUT2D eigenvalue weighted by atomic mass is 10.2. The molecule has 2 rings (SSSR count). The Bertz CT molecular complexity index is 530. The third-order valence-electron chi connectivity index (χ3n) is 2.61. The predicted molar refractivity (Wildman–Crippen MR) is 73.4 cm³/mol. The Morgan fingerprint density at radius 2 is 1.88 bits per heavy atom. The number of benzene rings is 1. The maximum atomic E-state index is 5.90. The minimum absolute atomic E-state index is 0.833. The third kappa shape index (κ3) is 2.80. The van der Waals surface area contributed by atoms with Crippen LogP contribution in [0.4, 0.5) is 5.69 Å². The molecule has 0 aliphatic rings. The quantitative estimate of drug-likeness (QED) is 0.818. The van der Waals surface area contributed by atoms with Gasteiger partial charge in [0.2, 0.25) is 0 Å². The fraction of sp³-hybridized carbons (Fsp3) is 0.214. The summed E-state index contributed by atoms with van der Waals surface area (Å²) in [6.45, 7) is 6.15.